The Kier molecular flexibility index (Phi) is 22.7. The monoisotopic (exact) mass is 724 g/mol. The van der Waals surface area contributed by atoms with Crippen LogP contribution >= 0.6 is 0 Å². The maximum Gasteiger partial charge on any atom is 2.00 e. The van der Waals surface area contributed by atoms with Gasteiger partial charge in [0.25, 0.3) is 0 Å². The Labute approximate surface area is 316 Å². The van der Waals surface area contributed by atoms with Crippen molar-refractivity contribution in [2.75, 3.05) is 0 Å². The minimum absolute atomic E-state index is 0. The molecule has 0 saturated heterocycles. The summed E-state index contributed by atoms with van der Waals surface area (Å²) in [6.07, 6.45) is 16.5. The normalized spacial score (nSPS) is 11.6. The van der Waals surface area contributed by atoms with Crippen LogP contribution in [0.25, 0.3) is 0 Å². The maximum atomic E-state index is 11.8. The van der Waals surface area contributed by atoms with Crippen LogP contribution < -0.4 is 10.2 Å². The molecule has 0 radical (unpaired) electrons. The summed E-state index contributed by atoms with van der Waals surface area (Å²) in [6.45, 7) is 19.6. The predicted molar refractivity (Wildman–Crippen MR) is 211 cm³/mol. The van der Waals surface area contributed by atoms with Crippen LogP contribution in [0.4, 0.5) is 11.4 Å². The Morgan fingerprint density at radius 2 is 0.900 bits per heavy atom. The largest absolute Gasteiger partial charge is 2.00 e. The third-order valence-corrected chi connectivity index (χ3v) is 9.29. The van der Waals surface area contributed by atoms with E-state index < -0.39 is 0 Å². The molecule has 0 aliphatic heterocycles. The van der Waals surface area contributed by atoms with Crippen molar-refractivity contribution in [1.82, 2.24) is 0 Å². The van der Waals surface area contributed by atoms with Crippen molar-refractivity contribution in [3.8, 4) is 11.5 Å². The molecule has 5 heteroatoms. The Hall–Kier alpha value is -2.91. The van der Waals surface area contributed by atoms with Crippen molar-refractivity contribution in [2.45, 2.75) is 165 Å². The van der Waals surface area contributed by atoms with Crippen molar-refractivity contribution >= 4 is 22.8 Å². The van der Waals surface area contributed by atoms with Gasteiger partial charge in [-0.15, -0.1) is 11.5 Å². The molecular formula is C45H66N2NiO2. The first-order valence-corrected chi connectivity index (χ1v) is 19.6. The zero-order chi connectivity index (χ0) is 36.2. The summed E-state index contributed by atoms with van der Waals surface area (Å²) in [5.74, 6) is -0.609. The molecule has 278 valence electrons. The average molecular weight is 726 g/mol. The summed E-state index contributed by atoms with van der Waals surface area (Å²) in [7, 11) is 0. The molecule has 0 atom stereocenters. The second kappa shape index (κ2) is 25.1. The summed E-state index contributed by atoms with van der Waals surface area (Å²) < 4.78 is 0. The standard InChI is InChI=1S/C31H46N2.C14H22O2.Ni/c1-7-13-15-17-31(33-29-22-26(11-5)19-27(12-6)23-29)30(16-14-8-2)32-28-20-24(9-3)18-25(10-4)21-28;1-4-7-11-10(6-3)9-13(15)14(16)12(11)8-5-2;/h18-23H,7-17H2,1-6H3;9,15-16H,4-8H2,1-3H3;/q;;+2/p-2. The first-order chi connectivity index (χ1) is 23.7. The van der Waals surface area contributed by atoms with Gasteiger partial charge in [-0.2, -0.15) is 0 Å². The molecule has 0 amide bonds. The van der Waals surface area contributed by atoms with Crippen molar-refractivity contribution < 1.29 is 26.7 Å². The van der Waals surface area contributed by atoms with E-state index in [4.69, 9.17) is 9.98 Å². The maximum absolute atomic E-state index is 11.8. The van der Waals surface area contributed by atoms with Gasteiger partial charge in [-0.05, 0) is 128 Å². The van der Waals surface area contributed by atoms with Crippen molar-refractivity contribution in [3.05, 3.63) is 81.4 Å². The van der Waals surface area contributed by atoms with Gasteiger partial charge in [-0.3, -0.25) is 9.98 Å². The van der Waals surface area contributed by atoms with Gasteiger partial charge in [0.05, 0.1) is 22.8 Å². The number of hydrogen-bond donors (Lipinski definition) is 0. The van der Waals surface area contributed by atoms with E-state index in [2.05, 4.69) is 84.9 Å². The van der Waals surface area contributed by atoms with Crippen LogP contribution in [-0.2, 0) is 61.4 Å². The molecule has 3 aromatic rings. The summed E-state index contributed by atoms with van der Waals surface area (Å²) in [6, 6.07) is 15.2. The Bertz CT molecular complexity index is 1450. The van der Waals surface area contributed by atoms with Gasteiger partial charge in [0.15, 0.2) is 0 Å². The van der Waals surface area contributed by atoms with E-state index >= 15 is 0 Å². The average Bonchev–Trinajstić information content (AvgIpc) is 3.12. The Balaban J connectivity index is 0.000000618. The topological polar surface area (TPSA) is 70.8 Å². The van der Waals surface area contributed by atoms with E-state index in [-0.39, 0.29) is 28.0 Å². The minimum atomic E-state index is -0.333. The second-order valence-electron chi connectivity index (χ2n) is 13.3. The molecule has 0 aliphatic carbocycles. The van der Waals surface area contributed by atoms with Crippen LogP contribution in [0.5, 0.6) is 11.5 Å². The fraction of sp³-hybridized carbons (Fsp3) is 0.556. The third kappa shape index (κ3) is 14.4. The first-order valence-electron chi connectivity index (χ1n) is 19.6. The molecule has 50 heavy (non-hydrogen) atoms. The molecule has 0 saturated carbocycles. The van der Waals surface area contributed by atoms with Crippen molar-refractivity contribution in [1.29, 1.82) is 0 Å². The fourth-order valence-corrected chi connectivity index (χ4v) is 6.34. The molecule has 0 fully saturated rings. The predicted octanol–water partition coefficient (Wildman–Crippen LogP) is 11.9. The molecular weight excluding hydrogens is 659 g/mol. The van der Waals surface area contributed by atoms with E-state index in [1.807, 2.05) is 13.8 Å². The minimum Gasteiger partial charge on any atom is -0.873 e. The van der Waals surface area contributed by atoms with Crippen LogP contribution in [0.15, 0.2) is 52.4 Å². The van der Waals surface area contributed by atoms with Crippen molar-refractivity contribution in [3.63, 3.8) is 0 Å². The number of unbranched alkanes of at least 4 members (excludes halogenated alkanes) is 3. The van der Waals surface area contributed by atoms with E-state index in [1.54, 1.807) is 0 Å². The second-order valence-corrected chi connectivity index (χ2v) is 13.3. The smallest absolute Gasteiger partial charge is 0.873 e. The number of hydrogen-bond acceptors (Lipinski definition) is 4. The van der Waals surface area contributed by atoms with E-state index in [9.17, 15) is 10.2 Å². The van der Waals surface area contributed by atoms with E-state index in [0.717, 1.165) is 105 Å². The number of rotatable bonds is 19. The van der Waals surface area contributed by atoms with Gasteiger partial charge in [0, 0.05) is 0 Å². The number of benzene rings is 3. The van der Waals surface area contributed by atoms with Gasteiger partial charge >= 0.3 is 16.5 Å². The Morgan fingerprint density at radius 1 is 0.480 bits per heavy atom. The van der Waals surface area contributed by atoms with Gasteiger partial charge in [0.1, 0.15) is 0 Å². The molecule has 0 unspecified atom stereocenters. The summed E-state index contributed by atoms with van der Waals surface area (Å²) in [5.41, 5.74) is 13.0. The van der Waals surface area contributed by atoms with Crippen LogP contribution in [0, 0.1) is 0 Å². The van der Waals surface area contributed by atoms with Gasteiger partial charge in [-0.25, -0.2) is 0 Å². The molecule has 0 spiro atoms. The third-order valence-electron chi connectivity index (χ3n) is 9.29. The van der Waals surface area contributed by atoms with Gasteiger partial charge in [0.2, 0.25) is 0 Å². The molecule has 3 aromatic carbocycles. The molecule has 0 aromatic heterocycles. The number of aryl methyl sites for hydroxylation is 5. The molecule has 3 rings (SSSR count). The van der Waals surface area contributed by atoms with Crippen LogP contribution in [-0.4, -0.2) is 11.4 Å². The van der Waals surface area contributed by atoms with Crippen molar-refractivity contribution in [2.24, 2.45) is 9.98 Å². The quantitative estimate of drug-likeness (QED) is 0.0701. The summed E-state index contributed by atoms with van der Waals surface area (Å²) >= 11 is 0. The molecule has 0 aliphatic rings. The van der Waals surface area contributed by atoms with Gasteiger partial charge in [-0.1, -0.05) is 118 Å². The summed E-state index contributed by atoms with van der Waals surface area (Å²) in [5, 5.41) is 23.3. The number of aliphatic imine (C=N–C) groups is 2. The summed E-state index contributed by atoms with van der Waals surface area (Å²) in [4.78, 5) is 10.5. The first kappa shape index (κ1) is 45.1. The van der Waals surface area contributed by atoms with Crippen LogP contribution in [0.3, 0.4) is 0 Å². The number of nitrogens with zero attached hydrogens (tertiary/aromatic N) is 2. The zero-order valence-electron chi connectivity index (χ0n) is 32.9. The molecule has 0 N–H and O–H groups in total. The molecule has 0 bridgehead atoms. The van der Waals surface area contributed by atoms with Crippen LogP contribution in [0.2, 0.25) is 0 Å². The fourth-order valence-electron chi connectivity index (χ4n) is 6.34. The van der Waals surface area contributed by atoms with E-state index in [1.165, 1.54) is 65.4 Å². The molecule has 4 nitrogen and oxygen atoms in total. The zero-order valence-corrected chi connectivity index (χ0v) is 33.9. The van der Waals surface area contributed by atoms with E-state index in [0.29, 0.717) is 0 Å². The molecule has 0 heterocycles. The SMILES string of the molecule is CCCCCC(=Nc1cc(CC)cc(CC)c1)C(CCCC)=Nc1cc(CC)cc(CC)c1.CCCc1c(CC)cc([O-])c([O-])c1CCC.[Ni+2]. The Morgan fingerprint density at radius 3 is 1.28 bits per heavy atom. The van der Waals surface area contributed by atoms with Crippen LogP contribution in [0.1, 0.15) is 159 Å². The van der Waals surface area contributed by atoms with Gasteiger partial charge < -0.3 is 10.2 Å².